The standard InChI is InChI=1S/C19H28O3.Na.H/c1-2-3-4-5-6-7-8-9-13-16-18(20)22-19(21)17-14-11-10-12-15-17;;/h10-12,14-15H,2-9,13,16H2,1H3;;. The summed E-state index contributed by atoms with van der Waals surface area (Å²) in [4.78, 5) is 23.3. The molecule has 0 bridgehead atoms. The summed E-state index contributed by atoms with van der Waals surface area (Å²) in [5, 5.41) is 0. The van der Waals surface area contributed by atoms with E-state index in [2.05, 4.69) is 6.92 Å². The van der Waals surface area contributed by atoms with Gasteiger partial charge in [-0.2, -0.15) is 0 Å². The maximum absolute atomic E-state index is 11.7. The van der Waals surface area contributed by atoms with E-state index >= 15 is 0 Å². The van der Waals surface area contributed by atoms with Crippen molar-refractivity contribution < 1.29 is 14.3 Å². The number of hydrogen-bond acceptors (Lipinski definition) is 3. The minimum atomic E-state index is -0.554. The Morgan fingerprint density at radius 2 is 1.35 bits per heavy atom. The van der Waals surface area contributed by atoms with Crippen LogP contribution in [0.1, 0.15) is 81.5 Å². The Morgan fingerprint density at radius 3 is 1.91 bits per heavy atom. The van der Waals surface area contributed by atoms with Crippen molar-refractivity contribution in [1.29, 1.82) is 0 Å². The van der Waals surface area contributed by atoms with E-state index < -0.39 is 11.9 Å². The van der Waals surface area contributed by atoms with E-state index in [4.69, 9.17) is 4.74 Å². The van der Waals surface area contributed by atoms with Gasteiger partial charge in [-0.05, 0) is 18.6 Å². The molecule has 0 saturated carbocycles. The van der Waals surface area contributed by atoms with Crippen LogP contribution in [0.2, 0.25) is 0 Å². The van der Waals surface area contributed by atoms with Crippen LogP contribution in [-0.4, -0.2) is 41.5 Å². The maximum atomic E-state index is 11.7. The van der Waals surface area contributed by atoms with E-state index in [9.17, 15) is 9.59 Å². The predicted molar refractivity (Wildman–Crippen MR) is 95.9 cm³/mol. The molecule has 1 rings (SSSR count). The first-order valence-corrected chi connectivity index (χ1v) is 8.54. The van der Waals surface area contributed by atoms with Crippen molar-refractivity contribution >= 4 is 41.5 Å². The molecule has 0 heterocycles. The number of ether oxygens (including phenoxy) is 1. The molecule has 0 aromatic heterocycles. The fourth-order valence-electron chi connectivity index (χ4n) is 2.37. The van der Waals surface area contributed by atoms with Crippen molar-refractivity contribution in [2.75, 3.05) is 0 Å². The van der Waals surface area contributed by atoms with Crippen molar-refractivity contribution in [2.24, 2.45) is 0 Å². The second-order valence-corrected chi connectivity index (χ2v) is 5.71. The molecule has 23 heavy (non-hydrogen) atoms. The van der Waals surface area contributed by atoms with E-state index in [1.165, 1.54) is 38.5 Å². The average Bonchev–Trinajstić information content (AvgIpc) is 2.54. The van der Waals surface area contributed by atoms with Gasteiger partial charge in [0.2, 0.25) is 0 Å². The summed E-state index contributed by atoms with van der Waals surface area (Å²) >= 11 is 0. The van der Waals surface area contributed by atoms with Crippen molar-refractivity contribution in [3.63, 3.8) is 0 Å². The van der Waals surface area contributed by atoms with Crippen LogP contribution in [0.25, 0.3) is 0 Å². The second kappa shape index (κ2) is 14.9. The molecule has 0 N–H and O–H groups in total. The third-order valence-electron chi connectivity index (χ3n) is 3.70. The SMILES string of the molecule is CCCCCCCCCCCC(=O)OC(=O)c1ccccc1.[NaH]. The van der Waals surface area contributed by atoms with E-state index in [-0.39, 0.29) is 29.6 Å². The molecule has 0 unspecified atom stereocenters. The Bertz CT molecular complexity index is 432. The number of unbranched alkanes of at least 4 members (excludes halogenated alkanes) is 8. The van der Waals surface area contributed by atoms with E-state index in [1.54, 1.807) is 24.3 Å². The van der Waals surface area contributed by atoms with Crippen molar-refractivity contribution in [2.45, 2.75) is 71.1 Å². The Hall–Kier alpha value is -0.640. The van der Waals surface area contributed by atoms with Gasteiger partial charge in [-0.3, -0.25) is 4.79 Å². The van der Waals surface area contributed by atoms with Crippen LogP contribution in [-0.2, 0) is 9.53 Å². The second-order valence-electron chi connectivity index (χ2n) is 5.71. The van der Waals surface area contributed by atoms with Crippen LogP contribution in [0.5, 0.6) is 0 Å². The number of carbonyl (C=O) groups excluding carboxylic acids is 2. The van der Waals surface area contributed by atoms with E-state index in [1.807, 2.05) is 6.07 Å². The molecule has 0 spiro atoms. The summed E-state index contributed by atoms with van der Waals surface area (Å²) in [6.07, 6.45) is 11.1. The first-order valence-electron chi connectivity index (χ1n) is 8.54. The Morgan fingerprint density at radius 1 is 0.826 bits per heavy atom. The van der Waals surface area contributed by atoms with Gasteiger partial charge in [0, 0.05) is 6.42 Å². The number of esters is 2. The van der Waals surface area contributed by atoms with Crippen LogP contribution in [0.3, 0.4) is 0 Å². The fraction of sp³-hybridized carbons (Fsp3) is 0.579. The summed E-state index contributed by atoms with van der Waals surface area (Å²) in [6, 6.07) is 8.62. The Labute approximate surface area is 162 Å². The van der Waals surface area contributed by atoms with Crippen LogP contribution < -0.4 is 0 Å². The van der Waals surface area contributed by atoms with Gasteiger partial charge in [-0.1, -0.05) is 76.5 Å². The summed E-state index contributed by atoms with van der Waals surface area (Å²) < 4.78 is 4.83. The van der Waals surface area contributed by atoms with Crippen molar-refractivity contribution in [3.8, 4) is 0 Å². The van der Waals surface area contributed by atoms with Crippen molar-refractivity contribution in [1.82, 2.24) is 0 Å². The molecule has 0 aliphatic rings. The number of carbonyl (C=O) groups is 2. The fourth-order valence-corrected chi connectivity index (χ4v) is 2.37. The van der Waals surface area contributed by atoms with Gasteiger partial charge in [0.15, 0.2) is 0 Å². The van der Waals surface area contributed by atoms with Gasteiger partial charge in [0.05, 0.1) is 5.56 Å². The zero-order valence-corrected chi connectivity index (χ0v) is 13.7. The van der Waals surface area contributed by atoms with Crippen LogP contribution >= 0.6 is 0 Å². The molecule has 0 radical (unpaired) electrons. The summed E-state index contributed by atoms with van der Waals surface area (Å²) in [6.45, 7) is 2.22. The minimum absolute atomic E-state index is 0. The van der Waals surface area contributed by atoms with Gasteiger partial charge in [0.25, 0.3) is 0 Å². The Balaban J connectivity index is 0.00000484. The van der Waals surface area contributed by atoms with E-state index in [0.717, 1.165) is 19.3 Å². The normalized spacial score (nSPS) is 9.96. The van der Waals surface area contributed by atoms with Crippen LogP contribution in [0, 0.1) is 0 Å². The zero-order valence-electron chi connectivity index (χ0n) is 13.7. The van der Waals surface area contributed by atoms with Gasteiger partial charge in [0.1, 0.15) is 0 Å². The van der Waals surface area contributed by atoms with Gasteiger partial charge < -0.3 is 4.74 Å². The number of benzene rings is 1. The van der Waals surface area contributed by atoms with Gasteiger partial charge in [-0.15, -0.1) is 0 Å². The molecule has 1 aromatic carbocycles. The molecule has 0 amide bonds. The molecular weight excluding hydrogens is 299 g/mol. The summed E-state index contributed by atoms with van der Waals surface area (Å²) in [5.41, 5.74) is 0.419. The third-order valence-corrected chi connectivity index (χ3v) is 3.70. The predicted octanol–water partition coefficient (Wildman–Crippen LogP) is 4.64. The zero-order chi connectivity index (χ0) is 16.0. The molecule has 3 nitrogen and oxygen atoms in total. The third kappa shape index (κ3) is 11.5. The summed E-state index contributed by atoms with van der Waals surface area (Å²) in [5.74, 6) is -0.974. The molecule has 0 atom stereocenters. The molecule has 4 heteroatoms. The van der Waals surface area contributed by atoms with Crippen molar-refractivity contribution in [3.05, 3.63) is 35.9 Å². The molecule has 0 fully saturated rings. The average molecular weight is 328 g/mol. The number of rotatable bonds is 11. The first kappa shape index (κ1) is 22.4. The van der Waals surface area contributed by atoms with Gasteiger partial charge >= 0.3 is 41.5 Å². The molecule has 0 aliphatic heterocycles. The molecule has 1 aromatic rings. The van der Waals surface area contributed by atoms with E-state index in [0.29, 0.717) is 12.0 Å². The monoisotopic (exact) mass is 328 g/mol. The molecule has 0 aliphatic carbocycles. The first-order chi connectivity index (χ1) is 10.7. The molecule has 124 valence electrons. The van der Waals surface area contributed by atoms with Gasteiger partial charge in [-0.25, -0.2) is 4.79 Å². The number of hydrogen-bond donors (Lipinski definition) is 0. The topological polar surface area (TPSA) is 43.4 Å². The molecule has 0 saturated heterocycles. The molecular formula is C19H29NaO3. The van der Waals surface area contributed by atoms with Crippen LogP contribution in [0.4, 0.5) is 0 Å². The Kier molecular flexibility index (Phi) is 14.5. The van der Waals surface area contributed by atoms with Crippen LogP contribution in [0.15, 0.2) is 30.3 Å². The quantitative estimate of drug-likeness (QED) is 0.257. The summed E-state index contributed by atoms with van der Waals surface area (Å²) in [7, 11) is 0.